The molecule has 0 aliphatic rings. The highest BCUT2D eigenvalue weighted by Gasteiger charge is 2.31. The van der Waals surface area contributed by atoms with E-state index >= 15 is 0 Å². The molecule has 0 radical (unpaired) electrons. The van der Waals surface area contributed by atoms with Crippen LogP contribution in [0.1, 0.15) is 41.5 Å². The molecule has 0 aliphatic carbocycles. The first-order valence-corrected chi connectivity index (χ1v) is 5.80. The van der Waals surface area contributed by atoms with Crippen LogP contribution in [0.2, 0.25) is 0 Å². The van der Waals surface area contributed by atoms with Gasteiger partial charge in [0.1, 0.15) is 5.78 Å². The molecule has 0 bridgehead atoms. The quantitative estimate of drug-likeness (QED) is 0.731. The van der Waals surface area contributed by atoms with Gasteiger partial charge in [-0.1, -0.05) is 6.92 Å². The Morgan fingerprint density at radius 3 is 1.73 bits per heavy atom. The number of carbonyl (C=O) groups excluding carboxylic acids is 1. The molecule has 0 saturated carbocycles. The van der Waals surface area contributed by atoms with Crippen molar-refractivity contribution in [1.82, 2.24) is 4.90 Å². The molecule has 0 fully saturated rings. The Hall–Kier alpha value is -0.410. The molecule has 0 rings (SSSR count). The number of hydrogen-bond donors (Lipinski definition) is 1. The van der Waals surface area contributed by atoms with Gasteiger partial charge in [-0.15, -0.1) is 0 Å². The number of hydrogen-bond acceptors (Lipinski definition) is 3. The number of Topliss-reactive ketones (excluding diaryl/α,β-unsaturated/α-hetero) is 1. The Balaban J connectivity index is 4.92. The maximum absolute atomic E-state index is 11.7. The van der Waals surface area contributed by atoms with Crippen molar-refractivity contribution < 1.29 is 4.79 Å². The summed E-state index contributed by atoms with van der Waals surface area (Å²) in [7, 11) is 0. The van der Waals surface area contributed by atoms with Crippen LogP contribution in [0.25, 0.3) is 0 Å². The molecule has 3 heteroatoms. The fourth-order valence-electron chi connectivity index (χ4n) is 2.27. The lowest BCUT2D eigenvalue weighted by atomic mass is 9.94. The molecular formula is C12H26N2O. The molecular weight excluding hydrogens is 188 g/mol. The summed E-state index contributed by atoms with van der Waals surface area (Å²) >= 11 is 0. The summed E-state index contributed by atoms with van der Waals surface area (Å²) in [5.74, 6) is 0.433. The first-order chi connectivity index (χ1) is 6.82. The van der Waals surface area contributed by atoms with Crippen LogP contribution < -0.4 is 5.73 Å². The topological polar surface area (TPSA) is 46.3 Å². The third kappa shape index (κ3) is 3.92. The van der Waals surface area contributed by atoms with E-state index in [1.54, 1.807) is 6.92 Å². The van der Waals surface area contributed by atoms with Crippen LogP contribution in [0, 0.1) is 5.92 Å². The Labute approximate surface area is 94.0 Å². The second-order valence-corrected chi connectivity index (χ2v) is 4.90. The minimum atomic E-state index is -0.0463. The Morgan fingerprint density at radius 1 is 1.13 bits per heavy atom. The Morgan fingerprint density at radius 2 is 1.53 bits per heavy atom. The van der Waals surface area contributed by atoms with E-state index in [4.69, 9.17) is 5.73 Å². The molecule has 0 spiro atoms. The molecule has 0 aliphatic heterocycles. The van der Waals surface area contributed by atoms with E-state index < -0.39 is 0 Å². The minimum absolute atomic E-state index is 0.0463. The van der Waals surface area contributed by atoms with Crippen LogP contribution in [0.4, 0.5) is 0 Å². The summed E-state index contributed by atoms with van der Waals surface area (Å²) in [6.07, 6.45) is 0. The average molecular weight is 214 g/mol. The van der Waals surface area contributed by atoms with Crippen molar-refractivity contribution in [2.75, 3.05) is 6.54 Å². The van der Waals surface area contributed by atoms with Crippen LogP contribution in [0.15, 0.2) is 0 Å². The third-order valence-electron chi connectivity index (χ3n) is 2.84. The smallest absolute Gasteiger partial charge is 0.147 e. The van der Waals surface area contributed by atoms with Gasteiger partial charge in [0.15, 0.2) is 0 Å². The third-order valence-corrected chi connectivity index (χ3v) is 2.84. The number of ketones is 1. The lowest BCUT2D eigenvalue weighted by Crippen LogP contribution is -2.52. The fraction of sp³-hybridized carbons (Fsp3) is 0.917. The van der Waals surface area contributed by atoms with E-state index in [0.29, 0.717) is 18.6 Å². The second kappa shape index (κ2) is 6.23. The van der Waals surface area contributed by atoms with Crippen LogP contribution in [-0.2, 0) is 4.79 Å². The van der Waals surface area contributed by atoms with Gasteiger partial charge in [-0.25, -0.2) is 0 Å². The van der Waals surface area contributed by atoms with Crippen LogP contribution in [-0.4, -0.2) is 35.4 Å². The average Bonchev–Trinajstić information content (AvgIpc) is 2.10. The summed E-state index contributed by atoms with van der Waals surface area (Å²) in [5.41, 5.74) is 5.67. The van der Waals surface area contributed by atoms with Gasteiger partial charge < -0.3 is 5.73 Å². The van der Waals surface area contributed by atoms with Crippen molar-refractivity contribution in [3.8, 4) is 0 Å². The molecule has 0 aromatic heterocycles. The van der Waals surface area contributed by atoms with Crippen molar-refractivity contribution in [1.29, 1.82) is 0 Å². The molecule has 0 amide bonds. The molecule has 2 atom stereocenters. The summed E-state index contributed by atoms with van der Waals surface area (Å²) in [6.45, 7) is 12.8. The van der Waals surface area contributed by atoms with Crippen molar-refractivity contribution >= 4 is 5.78 Å². The number of carbonyl (C=O) groups is 1. The normalized spacial score (nSPS) is 16.1. The van der Waals surface area contributed by atoms with Crippen LogP contribution in [0.5, 0.6) is 0 Å². The van der Waals surface area contributed by atoms with Crippen LogP contribution >= 0.6 is 0 Å². The van der Waals surface area contributed by atoms with Gasteiger partial charge in [-0.2, -0.15) is 0 Å². The van der Waals surface area contributed by atoms with Crippen LogP contribution in [0.3, 0.4) is 0 Å². The summed E-state index contributed by atoms with van der Waals surface area (Å²) in [6, 6.07) is 0.691. The number of rotatable bonds is 6. The number of nitrogens with two attached hydrogens (primary N) is 1. The minimum Gasteiger partial charge on any atom is -0.330 e. The second-order valence-electron chi connectivity index (χ2n) is 4.90. The first kappa shape index (κ1) is 14.6. The highest BCUT2D eigenvalue weighted by molar-refractivity contribution is 5.81. The molecule has 2 N–H and O–H groups in total. The largest absolute Gasteiger partial charge is 0.330 e. The first-order valence-electron chi connectivity index (χ1n) is 5.80. The van der Waals surface area contributed by atoms with Gasteiger partial charge >= 0.3 is 0 Å². The van der Waals surface area contributed by atoms with E-state index in [1.165, 1.54) is 0 Å². The van der Waals surface area contributed by atoms with Crippen molar-refractivity contribution in [2.24, 2.45) is 11.7 Å². The maximum Gasteiger partial charge on any atom is 0.147 e. The van der Waals surface area contributed by atoms with Crippen molar-refractivity contribution in [3.63, 3.8) is 0 Å². The SMILES string of the molecule is CC(=O)C(C(C)CN)N(C(C)C)C(C)C. The molecule has 0 heterocycles. The van der Waals surface area contributed by atoms with E-state index in [0.717, 1.165) is 0 Å². The summed E-state index contributed by atoms with van der Waals surface area (Å²) in [5, 5.41) is 0. The molecule has 3 nitrogen and oxygen atoms in total. The lowest BCUT2D eigenvalue weighted by Gasteiger charge is -2.39. The van der Waals surface area contributed by atoms with E-state index in [1.807, 2.05) is 6.92 Å². The van der Waals surface area contributed by atoms with Gasteiger partial charge in [0.25, 0.3) is 0 Å². The predicted molar refractivity (Wildman–Crippen MR) is 64.8 cm³/mol. The zero-order valence-corrected chi connectivity index (χ0v) is 10.9. The molecule has 0 aromatic rings. The highest BCUT2D eigenvalue weighted by Crippen LogP contribution is 2.18. The summed E-state index contributed by atoms with van der Waals surface area (Å²) in [4.78, 5) is 13.9. The maximum atomic E-state index is 11.7. The van der Waals surface area contributed by atoms with Crippen molar-refractivity contribution in [3.05, 3.63) is 0 Å². The molecule has 0 aromatic carbocycles. The lowest BCUT2D eigenvalue weighted by molar-refractivity contribution is -0.125. The monoisotopic (exact) mass is 214 g/mol. The van der Waals surface area contributed by atoms with E-state index in [2.05, 4.69) is 32.6 Å². The van der Waals surface area contributed by atoms with Gasteiger partial charge in [0, 0.05) is 12.1 Å². The van der Waals surface area contributed by atoms with Gasteiger partial charge in [-0.3, -0.25) is 9.69 Å². The van der Waals surface area contributed by atoms with Gasteiger partial charge in [0.05, 0.1) is 6.04 Å². The van der Waals surface area contributed by atoms with Gasteiger partial charge in [-0.05, 0) is 47.1 Å². The highest BCUT2D eigenvalue weighted by atomic mass is 16.1. The zero-order chi connectivity index (χ0) is 12.2. The van der Waals surface area contributed by atoms with E-state index in [9.17, 15) is 4.79 Å². The van der Waals surface area contributed by atoms with Gasteiger partial charge in [0.2, 0.25) is 0 Å². The van der Waals surface area contributed by atoms with Crippen molar-refractivity contribution in [2.45, 2.75) is 59.7 Å². The fourth-order valence-corrected chi connectivity index (χ4v) is 2.27. The number of nitrogens with zero attached hydrogens (tertiary/aromatic N) is 1. The molecule has 90 valence electrons. The molecule has 2 unspecified atom stereocenters. The zero-order valence-electron chi connectivity index (χ0n) is 10.9. The predicted octanol–water partition coefficient (Wildman–Crippen LogP) is 1.66. The molecule has 15 heavy (non-hydrogen) atoms. The Kier molecular flexibility index (Phi) is 6.06. The van der Waals surface area contributed by atoms with E-state index in [-0.39, 0.29) is 17.7 Å². The summed E-state index contributed by atoms with van der Waals surface area (Å²) < 4.78 is 0. The molecule has 0 saturated heterocycles. The Bertz CT molecular complexity index is 194. The standard InChI is InChI=1S/C12H26N2O/c1-8(2)14(9(3)4)12(11(6)15)10(5)7-13/h8-10,12H,7,13H2,1-6H3.